The molecule has 4 rings (SSSR count). The molecule has 7 nitrogen and oxygen atoms in total. The van der Waals surface area contributed by atoms with Gasteiger partial charge in [0.15, 0.2) is 0 Å². The number of hydrogen-bond donors (Lipinski definition) is 3. The fourth-order valence-electron chi connectivity index (χ4n) is 3.58. The summed E-state index contributed by atoms with van der Waals surface area (Å²) in [4.78, 5) is 19.3. The molecule has 2 aromatic rings. The average Bonchev–Trinajstić information content (AvgIpc) is 2.96. The zero-order valence-corrected chi connectivity index (χ0v) is 15.1. The number of alkyl carbamates (subject to hydrolysis) is 1. The van der Waals surface area contributed by atoms with E-state index in [1.54, 1.807) is 12.2 Å². The lowest BCUT2D eigenvalue weighted by molar-refractivity contribution is 0.0467. The van der Waals surface area contributed by atoms with Crippen molar-refractivity contribution in [1.29, 1.82) is 0 Å². The number of rotatable bonds is 2. The Morgan fingerprint density at radius 2 is 2.23 bits per heavy atom. The Labute approximate surface area is 151 Å². The molecule has 0 spiro atoms. The van der Waals surface area contributed by atoms with Crippen molar-refractivity contribution < 1.29 is 19.2 Å². The molecule has 2 aromatic heterocycles. The van der Waals surface area contributed by atoms with E-state index >= 15 is 0 Å². The smallest absolute Gasteiger partial charge is 0.531 e. The fraction of sp³-hybridized carbons (Fsp3) is 0.444. The number of carbonyl (C=O) groups excluding carboxylic acids is 1. The number of pyridine rings is 1. The van der Waals surface area contributed by atoms with Crippen molar-refractivity contribution in [1.82, 2.24) is 15.3 Å². The second kappa shape index (κ2) is 6.05. The predicted molar refractivity (Wildman–Crippen MR) is 98.6 cm³/mol. The highest BCUT2D eigenvalue weighted by Gasteiger charge is 2.38. The van der Waals surface area contributed by atoms with E-state index in [-0.39, 0.29) is 18.1 Å². The van der Waals surface area contributed by atoms with Crippen molar-refractivity contribution in [3.8, 4) is 5.75 Å². The number of allylic oxidation sites excluding steroid dienone is 1. The molecular weight excluding hydrogens is 333 g/mol. The Hall–Kier alpha value is -2.48. The van der Waals surface area contributed by atoms with E-state index in [1.165, 1.54) is 0 Å². The maximum absolute atomic E-state index is 11.9. The minimum Gasteiger partial charge on any atom is -0.531 e. The van der Waals surface area contributed by atoms with Crippen molar-refractivity contribution in [2.24, 2.45) is 5.92 Å². The van der Waals surface area contributed by atoms with Gasteiger partial charge >= 0.3 is 13.2 Å². The quantitative estimate of drug-likeness (QED) is 0.720. The first kappa shape index (κ1) is 17.0. The van der Waals surface area contributed by atoms with Gasteiger partial charge in [-0.2, -0.15) is 0 Å². The van der Waals surface area contributed by atoms with Crippen LogP contribution >= 0.6 is 0 Å². The van der Waals surface area contributed by atoms with Gasteiger partial charge in [0.25, 0.3) is 0 Å². The van der Waals surface area contributed by atoms with Gasteiger partial charge in [-0.1, -0.05) is 0 Å². The first-order valence-corrected chi connectivity index (χ1v) is 8.82. The van der Waals surface area contributed by atoms with Crippen molar-refractivity contribution >= 4 is 29.8 Å². The van der Waals surface area contributed by atoms with Gasteiger partial charge in [-0.15, -0.1) is 0 Å². The molecule has 3 heterocycles. The number of H-pyrrole nitrogens is 1. The summed E-state index contributed by atoms with van der Waals surface area (Å²) < 4.78 is 10.8. The van der Waals surface area contributed by atoms with Gasteiger partial charge in [-0.3, -0.25) is 0 Å². The molecule has 0 radical (unpaired) electrons. The first-order chi connectivity index (χ1) is 12.3. The average molecular weight is 355 g/mol. The molecule has 26 heavy (non-hydrogen) atoms. The second-order valence-electron chi connectivity index (χ2n) is 7.88. The van der Waals surface area contributed by atoms with Gasteiger partial charge in [0.05, 0.1) is 6.20 Å². The highest BCUT2D eigenvalue weighted by molar-refractivity contribution is 6.52. The molecule has 3 N–H and O–H groups in total. The van der Waals surface area contributed by atoms with Crippen LogP contribution in [0.5, 0.6) is 5.75 Å². The van der Waals surface area contributed by atoms with E-state index in [0.717, 1.165) is 35.0 Å². The third kappa shape index (κ3) is 3.17. The summed E-state index contributed by atoms with van der Waals surface area (Å²) in [6, 6.07) is 2.04. The highest BCUT2D eigenvalue weighted by atomic mass is 16.6. The molecular formula is C18H22BN3O4. The maximum Gasteiger partial charge on any atom is 0.552 e. The molecule has 1 saturated carbocycles. The Bertz CT molecular complexity index is 880. The molecule has 1 amide bonds. The van der Waals surface area contributed by atoms with E-state index in [2.05, 4.69) is 15.3 Å². The van der Waals surface area contributed by atoms with Gasteiger partial charge in [-0.25, -0.2) is 9.78 Å². The minimum atomic E-state index is -0.978. The molecule has 0 aromatic carbocycles. The summed E-state index contributed by atoms with van der Waals surface area (Å²) in [5.74, 6) is 2.58. The number of nitrogens with zero attached hydrogens (tertiary/aromatic N) is 1. The summed E-state index contributed by atoms with van der Waals surface area (Å²) in [7, 11) is -0.978. The van der Waals surface area contributed by atoms with Crippen molar-refractivity contribution in [3.05, 3.63) is 30.0 Å². The Morgan fingerprint density at radius 3 is 2.96 bits per heavy atom. The molecule has 0 unspecified atom stereocenters. The molecule has 0 bridgehead atoms. The molecule has 136 valence electrons. The van der Waals surface area contributed by atoms with Crippen LogP contribution in [0.25, 0.3) is 16.6 Å². The van der Waals surface area contributed by atoms with Gasteiger partial charge in [0.1, 0.15) is 17.0 Å². The van der Waals surface area contributed by atoms with Gasteiger partial charge in [0, 0.05) is 23.2 Å². The predicted octanol–water partition coefficient (Wildman–Crippen LogP) is 2.66. The van der Waals surface area contributed by atoms with Crippen LogP contribution in [0, 0.1) is 5.92 Å². The lowest BCUT2D eigenvalue weighted by atomic mass is 9.68. The number of aromatic nitrogens is 2. The third-order valence-electron chi connectivity index (χ3n) is 4.71. The number of amides is 1. The lowest BCUT2D eigenvalue weighted by Crippen LogP contribution is -2.46. The van der Waals surface area contributed by atoms with Crippen LogP contribution in [0.4, 0.5) is 4.79 Å². The molecule has 1 aliphatic carbocycles. The number of hydrogen-bond acceptors (Lipinski definition) is 5. The lowest BCUT2D eigenvalue weighted by Gasteiger charge is -2.39. The van der Waals surface area contributed by atoms with Crippen LogP contribution in [0.3, 0.4) is 0 Å². The van der Waals surface area contributed by atoms with Crippen molar-refractivity contribution in [2.75, 3.05) is 0 Å². The third-order valence-corrected chi connectivity index (χ3v) is 4.71. The molecule has 1 fully saturated rings. The highest BCUT2D eigenvalue weighted by Crippen LogP contribution is 2.45. The minimum absolute atomic E-state index is 0.0720. The van der Waals surface area contributed by atoms with E-state index in [9.17, 15) is 9.82 Å². The number of aromatic amines is 1. The summed E-state index contributed by atoms with van der Waals surface area (Å²) >= 11 is 0. The maximum atomic E-state index is 11.9. The summed E-state index contributed by atoms with van der Waals surface area (Å²) in [6.45, 7) is 5.53. The zero-order chi connectivity index (χ0) is 18.5. The largest absolute Gasteiger partial charge is 0.552 e. The summed E-state index contributed by atoms with van der Waals surface area (Å²) in [5, 5.41) is 13.9. The van der Waals surface area contributed by atoms with Crippen LogP contribution in [0.2, 0.25) is 0 Å². The standard InChI is InChI=1S/C18H22BN3O4/c1-18(2,3)25-17(23)22-11-6-10(7-11)13-8-19(24)26-14-9-21-16-12(15(13)14)4-5-20-16/h4-5,8-11,24H,6-7H2,1-3H3,(H,20,21)(H,22,23)/t10-,11+. The van der Waals surface area contributed by atoms with E-state index in [0.29, 0.717) is 5.75 Å². The van der Waals surface area contributed by atoms with Crippen LogP contribution in [0.1, 0.15) is 39.2 Å². The van der Waals surface area contributed by atoms with E-state index in [1.807, 2.05) is 33.0 Å². The zero-order valence-electron chi connectivity index (χ0n) is 15.1. The number of fused-ring (bicyclic) bond motifs is 3. The second-order valence-corrected chi connectivity index (χ2v) is 7.88. The van der Waals surface area contributed by atoms with Crippen LogP contribution in [-0.4, -0.2) is 39.8 Å². The van der Waals surface area contributed by atoms with Crippen LogP contribution < -0.4 is 9.97 Å². The van der Waals surface area contributed by atoms with Gasteiger partial charge in [0.2, 0.25) is 0 Å². The monoisotopic (exact) mass is 355 g/mol. The normalized spacial score (nSPS) is 22.2. The Kier molecular flexibility index (Phi) is 3.95. The molecule has 0 atom stereocenters. The number of nitrogens with one attached hydrogen (secondary N) is 2. The number of carbonyl (C=O) groups is 1. The van der Waals surface area contributed by atoms with Gasteiger partial charge in [-0.05, 0) is 57.1 Å². The van der Waals surface area contributed by atoms with E-state index < -0.39 is 12.7 Å². The fourth-order valence-corrected chi connectivity index (χ4v) is 3.58. The first-order valence-electron chi connectivity index (χ1n) is 8.82. The SMILES string of the molecule is CC(C)(C)OC(=O)N[C@H]1C[C@@H](C2=CB(O)Oc3cnc4[nH]ccc4c32)C1. The Morgan fingerprint density at radius 1 is 1.46 bits per heavy atom. The number of ether oxygens (including phenoxy) is 1. The van der Waals surface area contributed by atoms with Crippen LogP contribution in [0.15, 0.2) is 24.4 Å². The van der Waals surface area contributed by atoms with Crippen molar-refractivity contribution in [3.63, 3.8) is 0 Å². The molecule has 2 aliphatic rings. The topological polar surface area (TPSA) is 96.5 Å². The van der Waals surface area contributed by atoms with Crippen LogP contribution in [-0.2, 0) is 4.74 Å². The summed E-state index contributed by atoms with van der Waals surface area (Å²) in [5.41, 5.74) is 2.31. The molecule has 8 heteroatoms. The molecule has 1 aliphatic heterocycles. The van der Waals surface area contributed by atoms with Gasteiger partial charge < -0.3 is 24.7 Å². The Balaban J connectivity index is 1.50. The summed E-state index contributed by atoms with van der Waals surface area (Å²) in [6.07, 6.45) is 4.68. The van der Waals surface area contributed by atoms with E-state index in [4.69, 9.17) is 9.39 Å². The molecule has 0 saturated heterocycles. The van der Waals surface area contributed by atoms with Crippen molar-refractivity contribution in [2.45, 2.75) is 45.3 Å².